The number of hydrogen-bond donors (Lipinski definition) is 1. The van der Waals surface area contributed by atoms with Gasteiger partial charge in [0.15, 0.2) is 0 Å². The molecule has 0 radical (unpaired) electrons. The summed E-state index contributed by atoms with van der Waals surface area (Å²) < 4.78 is 16.7. The SMILES string of the molecule is COc1ncc(-c2cncc3cccnc23)cc1NC(=O)[C@@](OC)(c1ccccn1)c1ncco1. The van der Waals surface area contributed by atoms with Crippen LogP contribution in [0.3, 0.4) is 0 Å². The van der Waals surface area contributed by atoms with Crippen LogP contribution in [-0.2, 0) is 15.1 Å². The third kappa shape index (κ3) is 3.85. The molecule has 1 amide bonds. The van der Waals surface area contributed by atoms with Gasteiger partial charge in [0.25, 0.3) is 11.5 Å². The number of rotatable bonds is 7. The number of nitrogens with zero attached hydrogens (tertiary/aromatic N) is 5. The highest BCUT2D eigenvalue weighted by Gasteiger charge is 2.48. The van der Waals surface area contributed by atoms with Crippen molar-refractivity contribution < 1.29 is 18.7 Å². The number of methoxy groups -OCH3 is 2. The quantitative estimate of drug-likeness (QED) is 0.381. The van der Waals surface area contributed by atoms with E-state index < -0.39 is 11.5 Å². The number of carbonyl (C=O) groups excluding carboxylic acids is 1. The Hall–Kier alpha value is -4.70. The van der Waals surface area contributed by atoms with Gasteiger partial charge in [-0.15, -0.1) is 0 Å². The van der Waals surface area contributed by atoms with Crippen LogP contribution in [0.15, 0.2) is 84.3 Å². The topological polar surface area (TPSA) is 125 Å². The Morgan fingerprint density at radius 1 is 0.971 bits per heavy atom. The summed E-state index contributed by atoms with van der Waals surface area (Å²) in [5, 5.41) is 3.74. The van der Waals surface area contributed by atoms with Crippen LogP contribution in [0.4, 0.5) is 5.69 Å². The first-order valence-corrected chi connectivity index (χ1v) is 10.6. The molecule has 0 aliphatic rings. The summed E-state index contributed by atoms with van der Waals surface area (Å²) in [6, 6.07) is 10.6. The molecule has 0 bridgehead atoms. The van der Waals surface area contributed by atoms with Crippen molar-refractivity contribution in [3.05, 3.63) is 91.4 Å². The average Bonchev–Trinajstić information content (AvgIpc) is 3.45. The molecule has 10 nitrogen and oxygen atoms in total. The van der Waals surface area contributed by atoms with Crippen LogP contribution in [0.2, 0.25) is 0 Å². The molecule has 1 atom stereocenters. The summed E-state index contributed by atoms with van der Waals surface area (Å²) in [7, 11) is 2.85. The monoisotopic (exact) mass is 468 g/mol. The van der Waals surface area contributed by atoms with E-state index in [2.05, 4.69) is 30.2 Å². The molecular weight excluding hydrogens is 448 g/mol. The lowest BCUT2D eigenvalue weighted by atomic mass is 9.96. The molecule has 5 rings (SSSR count). The third-order valence-electron chi connectivity index (χ3n) is 5.50. The van der Waals surface area contributed by atoms with Gasteiger partial charge in [0, 0.05) is 54.6 Å². The molecule has 0 saturated heterocycles. The lowest BCUT2D eigenvalue weighted by Gasteiger charge is -2.27. The number of amides is 1. The van der Waals surface area contributed by atoms with Crippen molar-refractivity contribution >= 4 is 22.5 Å². The van der Waals surface area contributed by atoms with E-state index >= 15 is 0 Å². The molecule has 174 valence electrons. The van der Waals surface area contributed by atoms with Gasteiger partial charge in [-0.1, -0.05) is 6.07 Å². The molecule has 0 aliphatic carbocycles. The van der Waals surface area contributed by atoms with Gasteiger partial charge >= 0.3 is 0 Å². The minimum Gasteiger partial charge on any atom is -0.480 e. The predicted octanol–water partition coefficient (Wildman–Crippen LogP) is 3.61. The van der Waals surface area contributed by atoms with Crippen LogP contribution >= 0.6 is 0 Å². The number of nitrogens with one attached hydrogen (secondary N) is 1. The number of ether oxygens (including phenoxy) is 2. The normalized spacial score (nSPS) is 12.7. The van der Waals surface area contributed by atoms with Crippen molar-refractivity contribution in [2.24, 2.45) is 0 Å². The summed E-state index contributed by atoms with van der Waals surface area (Å²) >= 11 is 0. The van der Waals surface area contributed by atoms with Crippen LogP contribution in [0, 0.1) is 0 Å². The molecule has 0 unspecified atom stereocenters. The number of anilines is 1. The number of pyridine rings is 4. The van der Waals surface area contributed by atoms with E-state index in [-0.39, 0.29) is 11.8 Å². The molecule has 10 heteroatoms. The molecule has 0 saturated carbocycles. The Balaban J connectivity index is 1.60. The molecule has 5 aromatic rings. The second-order valence-electron chi connectivity index (χ2n) is 7.43. The number of carbonyl (C=O) groups is 1. The molecule has 0 aliphatic heterocycles. The maximum Gasteiger partial charge on any atom is 0.272 e. The maximum absolute atomic E-state index is 13.8. The summed E-state index contributed by atoms with van der Waals surface area (Å²) in [5.41, 5.74) is 1.05. The van der Waals surface area contributed by atoms with E-state index in [0.29, 0.717) is 16.9 Å². The molecule has 0 fully saturated rings. The largest absolute Gasteiger partial charge is 0.480 e. The summed E-state index contributed by atoms with van der Waals surface area (Å²) in [5.74, 6) is -0.351. The standard InChI is InChI=1S/C25H20N6O4/c1-33-22-19(12-17(14-30-22)18-15-26-13-16-6-5-9-28-21(16)18)31-23(32)25(34-2,24-29-10-11-35-24)20-7-3-4-8-27-20/h3-15H,1-2H3,(H,31,32)/t25-/m0/s1. The summed E-state index contributed by atoms with van der Waals surface area (Å²) in [6.45, 7) is 0. The first kappa shape index (κ1) is 22.1. The third-order valence-corrected chi connectivity index (χ3v) is 5.50. The highest BCUT2D eigenvalue weighted by Crippen LogP contribution is 2.35. The number of aromatic nitrogens is 5. The predicted molar refractivity (Wildman–Crippen MR) is 126 cm³/mol. The van der Waals surface area contributed by atoms with E-state index in [9.17, 15) is 4.79 Å². The number of fused-ring (bicyclic) bond motifs is 1. The van der Waals surface area contributed by atoms with Gasteiger partial charge in [-0.2, -0.15) is 0 Å². The van der Waals surface area contributed by atoms with Crippen molar-refractivity contribution in [1.29, 1.82) is 0 Å². The average molecular weight is 468 g/mol. The summed E-state index contributed by atoms with van der Waals surface area (Å²) in [6.07, 6.45) is 11.1. The zero-order valence-electron chi connectivity index (χ0n) is 18.9. The molecule has 0 spiro atoms. The van der Waals surface area contributed by atoms with Crippen LogP contribution < -0.4 is 10.1 Å². The Kier molecular flexibility index (Phi) is 5.86. The van der Waals surface area contributed by atoms with Gasteiger partial charge in [-0.25, -0.2) is 9.97 Å². The van der Waals surface area contributed by atoms with E-state index in [1.165, 1.54) is 26.7 Å². The zero-order valence-corrected chi connectivity index (χ0v) is 18.9. The van der Waals surface area contributed by atoms with Crippen molar-refractivity contribution in [1.82, 2.24) is 24.9 Å². The Morgan fingerprint density at radius 2 is 1.86 bits per heavy atom. The maximum atomic E-state index is 13.8. The van der Waals surface area contributed by atoms with Gasteiger partial charge in [0.2, 0.25) is 11.8 Å². The van der Waals surface area contributed by atoms with Gasteiger partial charge < -0.3 is 19.2 Å². The zero-order chi connectivity index (χ0) is 24.3. The number of hydrogen-bond acceptors (Lipinski definition) is 9. The van der Waals surface area contributed by atoms with Crippen molar-refractivity contribution in [2.45, 2.75) is 5.60 Å². The van der Waals surface area contributed by atoms with Gasteiger partial charge in [-0.05, 0) is 30.3 Å². The Bertz CT molecular complexity index is 1470. The molecule has 1 N–H and O–H groups in total. The smallest absolute Gasteiger partial charge is 0.272 e. The Labute approximate surface area is 200 Å². The molecular formula is C25H20N6O4. The van der Waals surface area contributed by atoms with E-state index in [4.69, 9.17) is 13.9 Å². The van der Waals surface area contributed by atoms with Crippen LogP contribution in [0.1, 0.15) is 11.6 Å². The second kappa shape index (κ2) is 9.27. The molecule has 35 heavy (non-hydrogen) atoms. The van der Waals surface area contributed by atoms with Gasteiger partial charge in [0.1, 0.15) is 12.0 Å². The van der Waals surface area contributed by atoms with E-state index in [1.54, 1.807) is 55.2 Å². The second-order valence-corrected chi connectivity index (χ2v) is 7.43. The van der Waals surface area contributed by atoms with Crippen LogP contribution in [0.5, 0.6) is 5.88 Å². The fourth-order valence-corrected chi connectivity index (χ4v) is 3.85. The Morgan fingerprint density at radius 3 is 2.60 bits per heavy atom. The van der Waals surface area contributed by atoms with Crippen LogP contribution in [0.25, 0.3) is 22.0 Å². The molecule has 0 aromatic carbocycles. The number of oxazole rings is 1. The lowest BCUT2D eigenvalue weighted by Crippen LogP contribution is -2.44. The van der Waals surface area contributed by atoms with E-state index in [0.717, 1.165) is 16.5 Å². The first-order valence-electron chi connectivity index (χ1n) is 10.6. The molecule has 5 heterocycles. The van der Waals surface area contributed by atoms with Crippen molar-refractivity contribution in [2.75, 3.05) is 19.5 Å². The minimum atomic E-state index is -1.76. The van der Waals surface area contributed by atoms with Crippen LogP contribution in [-0.4, -0.2) is 45.0 Å². The van der Waals surface area contributed by atoms with Crippen molar-refractivity contribution in [3.8, 4) is 17.0 Å². The van der Waals surface area contributed by atoms with E-state index in [1.807, 2.05) is 12.1 Å². The highest BCUT2D eigenvalue weighted by molar-refractivity contribution is 6.01. The lowest BCUT2D eigenvalue weighted by molar-refractivity contribution is -0.136. The van der Waals surface area contributed by atoms with Gasteiger partial charge in [0.05, 0.1) is 24.5 Å². The highest BCUT2D eigenvalue weighted by atomic mass is 16.5. The fraction of sp³-hybridized carbons (Fsp3) is 0.120. The first-order chi connectivity index (χ1) is 17.2. The fourth-order valence-electron chi connectivity index (χ4n) is 3.85. The minimum absolute atomic E-state index is 0.0294. The van der Waals surface area contributed by atoms with Gasteiger partial charge in [-0.3, -0.25) is 19.7 Å². The summed E-state index contributed by atoms with van der Waals surface area (Å²) in [4.78, 5) is 35.5. The van der Waals surface area contributed by atoms with Crippen molar-refractivity contribution in [3.63, 3.8) is 0 Å². The molecule has 5 aromatic heterocycles.